The predicted molar refractivity (Wildman–Crippen MR) is 113 cm³/mol. The molecule has 3 nitrogen and oxygen atoms in total. The summed E-state index contributed by atoms with van der Waals surface area (Å²) in [7, 11) is 0. The number of hydrogen-bond donors (Lipinski definition) is 0. The lowest BCUT2D eigenvalue weighted by Crippen LogP contribution is -2.02. The maximum absolute atomic E-state index is 4.76. The lowest BCUT2D eigenvalue weighted by atomic mass is 10.1. The zero-order chi connectivity index (χ0) is 19.2. The van der Waals surface area contributed by atoms with Crippen LogP contribution in [0.5, 0.6) is 0 Å². The summed E-state index contributed by atoms with van der Waals surface area (Å²) in [6.45, 7) is 9.89. The molecule has 3 rings (SSSR count). The minimum absolute atomic E-state index is 0.651. The van der Waals surface area contributed by atoms with Gasteiger partial charge in [-0.25, -0.2) is 15.0 Å². The van der Waals surface area contributed by atoms with Crippen LogP contribution in [0.1, 0.15) is 23.9 Å². The van der Waals surface area contributed by atoms with Crippen molar-refractivity contribution in [1.82, 2.24) is 15.0 Å². The molecule has 27 heavy (non-hydrogen) atoms. The number of nitrogens with zero attached hydrogens (tertiary/aromatic N) is 3. The summed E-state index contributed by atoms with van der Waals surface area (Å²) in [4.78, 5) is 14.2. The van der Waals surface area contributed by atoms with Crippen LogP contribution < -0.4 is 0 Å². The molecule has 3 heteroatoms. The largest absolute Gasteiger partial charge is 0.208 e. The summed E-state index contributed by atoms with van der Waals surface area (Å²) in [6.07, 6.45) is 7.59. The number of aromatic nitrogens is 3. The average molecular weight is 353 g/mol. The van der Waals surface area contributed by atoms with E-state index in [1.54, 1.807) is 6.08 Å². The van der Waals surface area contributed by atoms with Crippen LogP contribution in [0.15, 0.2) is 79.4 Å². The van der Waals surface area contributed by atoms with Gasteiger partial charge in [0.25, 0.3) is 0 Å². The van der Waals surface area contributed by atoms with Gasteiger partial charge in [-0.15, -0.1) is 0 Å². The molecule has 2 aromatic carbocycles. The topological polar surface area (TPSA) is 38.7 Å². The second kappa shape index (κ2) is 8.37. The van der Waals surface area contributed by atoms with Gasteiger partial charge in [-0.2, -0.15) is 0 Å². The fourth-order valence-electron chi connectivity index (χ4n) is 2.93. The molecular weight excluding hydrogens is 330 g/mol. The summed E-state index contributed by atoms with van der Waals surface area (Å²) in [5, 5.41) is 0. The van der Waals surface area contributed by atoms with Crippen molar-refractivity contribution in [2.24, 2.45) is 0 Å². The monoisotopic (exact) mass is 353 g/mol. The van der Waals surface area contributed by atoms with E-state index in [-0.39, 0.29) is 0 Å². The van der Waals surface area contributed by atoms with Crippen molar-refractivity contribution in [3.63, 3.8) is 0 Å². The molecule has 3 aromatic rings. The Hall–Kier alpha value is -3.33. The van der Waals surface area contributed by atoms with E-state index in [0.717, 1.165) is 16.7 Å². The maximum atomic E-state index is 4.76. The van der Waals surface area contributed by atoms with E-state index in [1.165, 1.54) is 11.1 Å². The van der Waals surface area contributed by atoms with Crippen molar-refractivity contribution in [2.75, 3.05) is 0 Å². The van der Waals surface area contributed by atoms with Crippen LogP contribution in [-0.4, -0.2) is 15.0 Å². The van der Waals surface area contributed by atoms with E-state index in [0.29, 0.717) is 17.5 Å². The zero-order valence-electron chi connectivity index (χ0n) is 16.0. The third-order valence-electron chi connectivity index (χ3n) is 4.13. The first-order chi connectivity index (χ1) is 13.1. The Balaban J connectivity index is 2.22. The maximum Gasteiger partial charge on any atom is 0.164 e. The van der Waals surface area contributed by atoms with Gasteiger partial charge in [0.2, 0.25) is 0 Å². The van der Waals surface area contributed by atoms with E-state index in [2.05, 4.69) is 38.6 Å². The highest BCUT2D eigenvalue weighted by atomic mass is 15.0. The van der Waals surface area contributed by atoms with Crippen LogP contribution >= 0.6 is 0 Å². The molecule has 134 valence electrons. The normalized spacial score (nSPS) is 11.7. The molecule has 0 atom stereocenters. The van der Waals surface area contributed by atoms with Gasteiger partial charge >= 0.3 is 0 Å². The van der Waals surface area contributed by atoms with Crippen molar-refractivity contribution in [1.29, 1.82) is 0 Å². The highest BCUT2D eigenvalue weighted by Crippen LogP contribution is 2.24. The fourth-order valence-corrected chi connectivity index (χ4v) is 2.93. The molecule has 0 saturated heterocycles. The van der Waals surface area contributed by atoms with E-state index in [1.807, 2.05) is 55.5 Å². The van der Waals surface area contributed by atoms with Crippen LogP contribution in [0.2, 0.25) is 0 Å². The first kappa shape index (κ1) is 18.5. The van der Waals surface area contributed by atoms with Crippen LogP contribution in [-0.2, 0) is 0 Å². The van der Waals surface area contributed by atoms with Gasteiger partial charge < -0.3 is 0 Å². The van der Waals surface area contributed by atoms with Gasteiger partial charge in [0.05, 0.1) is 0 Å². The molecule has 0 bridgehead atoms. The molecule has 1 aromatic heterocycles. The summed E-state index contributed by atoms with van der Waals surface area (Å²) in [5.74, 6) is 2.00. The summed E-state index contributed by atoms with van der Waals surface area (Å²) in [5.41, 5.74) is 5.27. The smallest absolute Gasteiger partial charge is 0.164 e. The second-order valence-electron chi connectivity index (χ2n) is 6.39. The van der Waals surface area contributed by atoms with Crippen LogP contribution in [0.3, 0.4) is 0 Å². The third kappa shape index (κ3) is 4.45. The van der Waals surface area contributed by atoms with Crippen molar-refractivity contribution >= 4 is 5.57 Å². The molecule has 0 amide bonds. The van der Waals surface area contributed by atoms with Gasteiger partial charge in [0, 0.05) is 16.7 Å². The minimum Gasteiger partial charge on any atom is -0.208 e. The van der Waals surface area contributed by atoms with Gasteiger partial charge in [-0.05, 0) is 32.9 Å². The Kier molecular flexibility index (Phi) is 5.72. The highest BCUT2D eigenvalue weighted by molar-refractivity contribution is 5.72. The van der Waals surface area contributed by atoms with Gasteiger partial charge in [0.15, 0.2) is 17.5 Å². The Morgan fingerprint density at radius 3 is 2.07 bits per heavy atom. The van der Waals surface area contributed by atoms with Crippen LogP contribution in [0.4, 0.5) is 0 Å². The molecule has 0 aliphatic heterocycles. The molecule has 0 unspecified atom stereocenters. The lowest BCUT2D eigenvalue weighted by Gasteiger charge is -2.09. The zero-order valence-corrected chi connectivity index (χ0v) is 16.0. The third-order valence-corrected chi connectivity index (χ3v) is 4.13. The van der Waals surface area contributed by atoms with Crippen molar-refractivity contribution in [2.45, 2.75) is 20.8 Å². The van der Waals surface area contributed by atoms with Crippen LogP contribution in [0, 0.1) is 13.8 Å². The second-order valence-corrected chi connectivity index (χ2v) is 6.39. The van der Waals surface area contributed by atoms with Crippen LogP contribution in [0.25, 0.3) is 28.3 Å². The van der Waals surface area contributed by atoms with Crippen molar-refractivity contribution < 1.29 is 0 Å². The Morgan fingerprint density at radius 2 is 1.48 bits per heavy atom. The summed E-state index contributed by atoms with van der Waals surface area (Å²) in [6, 6.07) is 16.4. The molecule has 0 aliphatic carbocycles. The van der Waals surface area contributed by atoms with Gasteiger partial charge in [0.1, 0.15) is 0 Å². The van der Waals surface area contributed by atoms with Crippen molar-refractivity contribution in [3.8, 4) is 22.8 Å². The van der Waals surface area contributed by atoms with E-state index in [4.69, 9.17) is 15.0 Å². The summed E-state index contributed by atoms with van der Waals surface area (Å²) < 4.78 is 0. The average Bonchev–Trinajstić information content (AvgIpc) is 2.68. The Morgan fingerprint density at radius 1 is 0.852 bits per heavy atom. The molecule has 0 N–H and O–H groups in total. The number of hydrogen-bond acceptors (Lipinski definition) is 3. The van der Waals surface area contributed by atoms with E-state index < -0.39 is 0 Å². The molecule has 0 saturated carbocycles. The standard InChI is InChI=1S/C24H23N3/c1-5-7-11-19(6-2)22-25-23(20-12-9-8-10-13-20)27-24(26-22)21-15-17(3)14-18(4)16-21/h5-16H,1H2,2-4H3/b11-7-,19-6+. The van der Waals surface area contributed by atoms with Gasteiger partial charge in [-0.1, -0.05) is 78.4 Å². The molecule has 1 heterocycles. The fraction of sp³-hybridized carbons (Fsp3) is 0.125. The first-order valence-electron chi connectivity index (χ1n) is 8.96. The predicted octanol–water partition coefficient (Wildman–Crippen LogP) is 5.97. The summed E-state index contributed by atoms with van der Waals surface area (Å²) >= 11 is 0. The SMILES string of the molecule is C=C/C=C\C(=C/C)c1nc(-c2ccccc2)nc(-c2cc(C)cc(C)c2)n1. The quantitative estimate of drug-likeness (QED) is 0.531. The number of benzene rings is 2. The molecular formula is C24H23N3. The number of aryl methyl sites for hydroxylation is 2. The van der Waals surface area contributed by atoms with Crippen molar-refractivity contribution in [3.05, 3.63) is 96.4 Å². The Labute approximate surface area is 160 Å². The highest BCUT2D eigenvalue weighted by Gasteiger charge is 2.12. The number of allylic oxidation sites excluding steroid dienone is 5. The Bertz CT molecular complexity index is 995. The number of rotatable bonds is 5. The molecule has 0 spiro atoms. The van der Waals surface area contributed by atoms with E-state index >= 15 is 0 Å². The van der Waals surface area contributed by atoms with Gasteiger partial charge in [-0.3, -0.25) is 0 Å². The molecule has 0 aliphatic rings. The lowest BCUT2D eigenvalue weighted by molar-refractivity contribution is 1.04. The van der Waals surface area contributed by atoms with E-state index in [9.17, 15) is 0 Å². The molecule has 0 radical (unpaired) electrons. The first-order valence-corrected chi connectivity index (χ1v) is 8.96. The minimum atomic E-state index is 0.651. The molecule has 0 fully saturated rings.